The summed E-state index contributed by atoms with van der Waals surface area (Å²) in [4.78, 5) is 23.3. The van der Waals surface area contributed by atoms with Gasteiger partial charge in [0.25, 0.3) is 0 Å². The Bertz CT molecular complexity index is 1820. The Morgan fingerprint density at radius 3 is 2.51 bits per heavy atom. The Morgan fingerprint density at radius 1 is 1.13 bits per heavy atom. The maximum atomic E-state index is 13.3. The predicted molar refractivity (Wildman–Crippen MR) is 175 cm³/mol. The lowest BCUT2D eigenvalue weighted by atomic mass is 9.95. The highest BCUT2D eigenvalue weighted by Gasteiger charge is 2.31. The number of carbonyl (C=O) groups is 1. The number of carbonyl (C=O) groups excluding carboxylic acids is 1. The van der Waals surface area contributed by atoms with Crippen LogP contribution in [0.25, 0.3) is 16.5 Å². The number of halogens is 4. The van der Waals surface area contributed by atoms with Crippen LogP contribution in [-0.4, -0.2) is 52.6 Å². The topological polar surface area (TPSA) is 123 Å². The Balaban J connectivity index is 1.50. The van der Waals surface area contributed by atoms with Gasteiger partial charge >= 0.3 is 6.18 Å². The minimum absolute atomic E-state index is 0.0349. The molecule has 0 aliphatic carbocycles. The molecular weight excluding hydrogens is 635 g/mol. The number of anilines is 2. The lowest BCUT2D eigenvalue weighted by Gasteiger charge is -2.29. The molecule has 1 saturated heterocycles. The number of aliphatic hydroxyl groups is 1. The Kier molecular flexibility index (Phi) is 9.67. The number of fused-ring (bicyclic) bond motifs is 1. The first-order valence-corrected chi connectivity index (χ1v) is 15.3. The fourth-order valence-electron chi connectivity index (χ4n) is 5.34. The fraction of sp³-hybridized carbons (Fsp3) is 0.324. The van der Waals surface area contributed by atoms with Crippen LogP contribution in [0.1, 0.15) is 43.4 Å². The van der Waals surface area contributed by atoms with Gasteiger partial charge in [0.1, 0.15) is 29.4 Å². The number of piperidine rings is 1. The number of alkyl halides is 3. The van der Waals surface area contributed by atoms with Crippen LogP contribution in [0.15, 0.2) is 61.4 Å². The van der Waals surface area contributed by atoms with Crippen molar-refractivity contribution in [2.45, 2.75) is 38.5 Å². The summed E-state index contributed by atoms with van der Waals surface area (Å²) >= 11 is 6.56. The van der Waals surface area contributed by atoms with Gasteiger partial charge in [-0.2, -0.15) is 13.2 Å². The van der Waals surface area contributed by atoms with E-state index in [-0.39, 0.29) is 22.1 Å². The molecule has 47 heavy (non-hydrogen) atoms. The second-order valence-electron chi connectivity index (χ2n) is 12.1. The average Bonchev–Trinajstić information content (AvgIpc) is 3.00. The van der Waals surface area contributed by atoms with E-state index in [1.807, 2.05) is 0 Å². The molecule has 1 amide bonds. The van der Waals surface area contributed by atoms with Crippen molar-refractivity contribution >= 4 is 45.5 Å². The van der Waals surface area contributed by atoms with E-state index < -0.39 is 23.2 Å². The monoisotopic (exact) mass is 669 g/mol. The number of ether oxygens (including phenoxy) is 2. The molecule has 9 nitrogen and oxygen atoms in total. The van der Waals surface area contributed by atoms with Gasteiger partial charge in [-0.15, -0.1) is 0 Å². The normalized spacial score (nSPS) is 14.6. The first-order valence-electron chi connectivity index (χ1n) is 14.9. The van der Waals surface area contributed by atoms with E-state index in [0.29, 0.717) is 51.8 Å². The van der Waals surface area contributed by atoms with E-state index in [4.69, 9.17) is 26.8 Å². The Hall–Kier alpha value is -4.39. The van der Waals surface area contributed by atoms with Crippen molar-refractivity contribution in [3.05, 3.63) is 83.2 Å². The number of aromatic nitrogens is 2. The van der Waals surface area contributed by atoms with Crippen molar-refractivity contribution in [3.8, 4) is 17.2 Å². The first-order chi connectivity index (χ1) is 22.1. The standard InChI is InChI=1S/C34H35ClF3N5O4/c1-19(31(39)44)23-13-24-27(16-29(23)46-17-20-8-10-43(4)11-9-20)40-18-41-32(24)42-28-15-26(35)30(14-25(28)33(2,3)45)47-22-7-5-6-21(12-22)34(36,37)38/h5-7,12-16,18,20,45H,1,8-11,17H2,2-4H3,(H2,39,44)(H,40,41,42). The second-order valence-corrected chi connectivity index (χ2v) is 12.5. The molecule has 1 aliphatic rings. The van der Waals surface area contributed by atoms with Crippen LogP contribution in [0.5, 0.6) is 17.2 Å². The minimum atomic E-state index is -4.56. The molecule has 0 radical (unpaired) electrons. The first kappa shape index (κ1) is 34.0. The summed E-state index contributed by atoms with van der Waals surface area (Å²) in [6.07, 6.45) is -1.23. The lowest BCUT2D eigenvalue weighted by molar-refractivity contribution is -0.137. The van der Waals surface area contributed by atoms with E-state index in [1.165, 1.54) is 44.4 Å². The number of hydrogen-bond acceptors (Lipinski definition) is 8. The van der Waals surface area contributed by atoms with E-state index in [1.54, 1.807) is 12.1 Å². The van der Waals surface area contributed by atoms with Crippen molar-refractivity contribution in [3.63, 3.8) is 0 Å². The zero-order valence-electron chi connectivity index (χ0n) is 26.1. The molecule has 1 aromatic heterocycles. The molecule has 0 spiro atoms. The van der Waals surface area contributed by atoms with Gasteiger partial charge in [-0.3, -0.25) is 4.79 Å². The number of amides is 1. The van der Waals surface area contributed by atoms with Crippen LogP contribution in [0.3, 0.4) is 0 Å². The summed E-state index contributed by atoms with van der Waals surface area (Å²) in [5, 5.41) is 14.8. The van der Waals surface area contributed by atoms with Crippen molar-refractivity contribution in [1.29, 1.82) is 0 Å². The third-order valence-corrected chi connectivity index (χ3v) is 8.34. The van der Waals surface area contributed by atoms with Gasteiger partial charge in [-0.25, -0.2) is 9.97 Å². The summed E-state index contributed by atoms with van der Waals surface area (Å²) in [6.45, 7) is 9.37. The smallest absolute Gasteiger partial charge is 0.416 e. The van der Waals surface area contributed by atoms with E-state index in [0.717, 1.165) is 38.1 Å². The van der Waals surface area contributed by atoms with Crippen LogP contribution < -0.4 is 20.5 Å². The van der Waals surface area contributed by atoms with Crippen molar-refractivity contribution in [2.75, 3.05) is 32.1 Å². The molecular formula is C34H35ClF3N5O4. The predicted octanol–water partition coefficient (Wildman–Crippen LogP) is 7.28. The van der Waals surface area contributed by atoms with Crippen LogP contribution in [0.2, 0.25) is 5.02 Å². The molecule has 5 rings (SSSR count). The van der Waals surface area contributed by atoms with Crippen molar-refractivity contribution in [1.82, 2.24) is 14.9 Å². The summed E-state index contributed by atoms with van der Waals surface area (Å²) in [6, 6.07) is 10.7. The Labute approximate surface area is 275 Å². The van der Waals surface area contributed by atoms with Gasteiger partial charge in [0.2, 0.25) is 5.91 Å². The molecule has 0 bridgehead atoms. The third-order valence-electron chi connectivity index (χ3n) is 8.05. The number of primary amides is 1. The van der Waals surface area contributed by atoms with Crippen LogP contribution in [0.4, 0.5) is 24.7 Å². The van der Waals surface area contributed by atoms with Gasteiger partial charge in [0.15, 0.2) is 0 Å². The molecule has 0 unspecified atom stereocenters. The van der Waals surface area contributed by atoms with Gasteiger partial charge in [-0.1, -0.05) is 24.2 Å². The largest absolute Gasteiger partial charge is 0.493 e. The Morgan fingerprint density at radius 2 is 1.85 bits per heavy atom. The second kappa shape index (κ2) is 13.4. The van der Waals surface area contributed by atoms with E-state index >= 15 is 0 Å². The molecule has 4 aromatic rings. The molecule has 0 saturated carbocycles. The van der Waals surface area contributed by atoms with Crippen molar-refractivity contribution in [2.24, 2.45) is 11.7 Å². The molecule has 2 heterocycles. The number of benzene rings is 3. The quantitative estimate of drug-likeness (QED) is 0.151. The number of rotatable bonds is 10. The molecule has 1 fully saturated rings. The van der Waals surface area contributed by atoms with E-state index in [2.05, 4.69) is 33.8 Å². The maximum absolute atomic E-state index is 13.3. The zero-order valence-corrected chi connectivity index (χ0v) is 26.9. The third kappa shape index (κ3) is 7.95. The molecule has 3 aromatic carbocycles. The number of hydrogen-bond donors (Lipinski definition) is 3. The van der Waals surface area contributed by atoms with E-state index in [9.17, 15) is 23.1 Å². The van der Waals surface area contributed by atoms with Crippen LogP contribution in [0, 0.1) is 5.92 Å². The molecule has 1 aliphatic heterocycles. The summed E-state index contributed by atoms with van der Waals surface area (Å²) in [7, 11) is 2.09. The number of nitrogens with two attached hydrogens (primary N) is 1. The number of nitrogens with one attached hydrogen (secondary N) is 1. The lowest BCUT2D eigenvalue weighted by Crippen LogP contribution is -2.32. The van der Waals surface area contributed by atoms with Gasteiger partial charge in [0, 0.05) is 33.8 Å². The van der Waals surface area contributed by atoms with Crippen LogP contribution in [-0.2, 0) is 16.6 Å². The molecule has 13 heteroatoms. The number of likely N-dealkylation sites (tertiary alicyclic amines) is 1. The number of nitrogens with zero attached hydrogens (tertiary/aromatic N) is 3. The minimum Gasteiger partial charge on any atom is -0.493 e. The SMILES string of the molecule is C=C(C(N)=O)c1cc2c(Nc3cc(Cl)c(Oc4cccc(C(F)(F)F)c4)cc3C(C)(C)O)ncnc2cc1OCC1CCN(C)CC1. The maximum Gasteiger partial charge on any atom is 0.416 e. The molecule has 0 atom stereocenters. The van der Waals surface area contributed by atoms with Gasteiger partial charge < -0.3 is 30.5 Å². The van der Waals surface area contributed by atoms with Gasteiger partial charge in [-0.05, 0) is 89.1 Å². The van der Waals surface area contributed by atoms with Gasteiger partial charge in [0.05, 0.1) is 28.3 Å². The summed E-state index contributed by atoms with van der Waals surface area (Å²) in [5.74, 6) is 0.316. The van der Waals surface area contributed by atoms with Crippen LogP contribution >= 0.6 is 11.6 Å². The fourth-order valence-corrected chi connectivity index (χ4v) is 5.54. The average molecular weight is 670 g/mol. The highest BCUT2D eigenvalue weighted by molar-refractivity contribution is 6.32. The molecule has 248 valence electrons. The van der Waals surface area contributed by atoms with Crippen molar-refractivity contribution < 1.29 is 32.5 Å². The zero-order chi connectivity index (χ0) is 34.1. The molecule has 4 N–H and O–H groups in total. The highest BCUT2D eigenvalue weighted by Crippen LogP contribution is 2.42. The summed E-state index contributed by atoms with van der Waals surface area (Å²) < 4.78 is 51.8. The highest BCUT2D eigenvalue weighted by atomic mass is 35.5. The summed E-state index contributed by atoms with van der Waals surface area (Å²) in [5.41, 5.74) is 4.89.